The molecule has 2 saturated heterocycles. The molecule has 2 aromatic carbocycles. The van der Waals surface area contributed by atoms with Crippen LogP contribution in [-0.2, 0) is 35.3 Å². The van der Waals surface area contributed by atoms with Crippen molar-refractivity contribution in [1.29, 1.82) is 0 Å². The van der Waals surface area contributed by atoms with Gasteiger partial charge in [-0.15, -0.1) is 0 Å². The number of hydrogen-bond acceptors (Lipinski definition) is 12. The van der Waals surface area contributed by atoms with Gasteiger partial charge in [-0.2, -0.15) is 0 Å². The summed E-state index contributed by atoms with van der Waals surface area (Å²) in [7, 11) is 0. The van der Waals surface area contributed by atoms with E-state index in [1.165, 1.54) is 23.5 Å². The third-order valence-corrected chi connectivity index (χ3v) is 14.6. The minimum absolute atomic E-state index is 0.0111. The molecule has 2 saturated carbocycles. The predicted octanol–water partition coefficient (Wildman–Crippen LogP) is 7.23. The van der Waals surface area contributed by atoms with Crippen LogP contribution in [0.3, 0.4) is 0 Å². The number of rotatable bonds is 21. The molecule has 4 aliphatic rings. The van der Waals surface area contributed by atoms with Gasteiger partial charge in [0, 0.05) is 81.7 Å². The fraction of sp³-hybridized carbons (Fsp3) is 0.564. The predicted molar refractivity (Wildman–Crippen MR) is 263 cm³/mol. The van der Waals surface area contributed by atoms with Gasteiger partial charge >= 0.3 is 6.09 Å². The van der Waals surface area contributed by atoms with Crippen LogP contribution in [-0.4, -0.2) is 123 Å². The number of Topliss-reactive ketones (excluding diaryl/α,β-unsaturated/α-hetero) is 4. The molecule has 16 heteroatoms. The fourth-order valence-corrected chi connectivity index (χ4v) is 10.2. The molecule has 2 aliphatic carbocycles. The quantitative estimate of drug-likeness (QED) is 0.105. The number of amides is 4. The van der Waals surface area contributed by atoms with E-state index in [4.69, 9.17) is 9.47 Å². The minimum atomic E-state index is -1.00. The summed E-state index contributed by atoms with van der Waals surface area (Å²) < 4.78 is 12.0. The van der Waals surface area contributed by atoms with Crippen LogP contribution in [0.4, 0.5) is 4.79 Å². The van der Waals surface area contributed by atoms with E-state index in [9.17, 15) is 33.6 Å². The van der Waals surface area contributed by atoms with Gasteiger partial charge < -0.3 is 29.5 Å². The molecule has 7 rings (SSSR count). The molecule has 71 heavy (non-hydrogen) atoms. The van der Waals surface area contributed by atoms with Crippen molar-refractivity contribution < 1.29 is 47.8 Å². The Morgan fingerprint density at radius 2 is 1.51 bits per heavy atom. The van der Waals surface area contributed by atoms with Crippen LogP contribution in [0.2, 0.25) is 0 Å². The lowest BCUT2D eigenvalue weighted by atomic mass is 9.74. The molecule has 0 bridgehead atoms. The van der Waals surface area contributed by atoms with Crippen molar-refractivity contribution in [2.45, 2.75) is 136 Å². The molecule has 16 nitrogen and oxygen atoms in total. The maximum absolute atomic E-state index is 15.2. The minimum Gasteiger partial charge on any atom is -0.488 e. The van der Waals surface area contributed by atoms with Crippen LogP contribution in [0.25, 0.3) is 0 Å². The second-order valence-corrected chi connectivity index (χ2v) is 20.9. The summed E-state index contributed by atoms with van der Waals surface area (Å²) in [5.41, 5.74) is 0.630. The highest BCUT2D eigenvalue weighted by Gasteiger charge is 2.47. The molecule has 0 radical (unpaired) electrons. The summed E-state index contributed by atoms with van der Waals surface area (Å²) in [5, 5.41) is 2.95. The molecular weight excluding hydrogens is 905 g/mol. The molecule has 380 valence electrons. The van der Waals surface area contributed by atoms with Gasteiger partial charge in [-0.3, -0.25) is 38.5 Å². The molecule has 5 atom stereocenters. The average Bonchev–Trinajstić information content (AvgIpc) is 4.10. The van der Waals surface area contributed by atoms with Crippen LogP contribution >= 0.6 is 0 Å². The lowest BCUT2D eigenvalue weighted by Gasteiger charge is -2.36. The third kappa shape index (κ3) is 14.2. The third-order valence-electron chi connectivity index (χ3n) is 14.6. The summed E-state index contributed by atoms with van der Waals surface area (Å²) in [5.74, 6) is -3.97. The Kier molecular flexibility index (Phi) is 17.9. The van der Waals surface area contributed by atoms with E-state index in [-0.39, 0.29) is 73.8 Å². The molecular formula is C55H70N6O10. The zero-order valence-electron chi connectivity index (χ0n) is 41.7. The van der Waals surface area contributed by atoms with E-state index >= 15 is 4.79 Å². The number of likely N-dealkylation sites (tertiary alicyclic amines) is 1. The standard InChI is InChI=1S/C55H70N6O10/c1-5-12-40(50(65)48(64)29-36-17-18-36)30-46(62)45-31-42(71-41-21-19-39(20-22-41)52(67)59-25-27-60(28-26-59)54(69)70-35-37-13-8-6-9-14-37)34-61(45)53(68)43(55(2,3)4)32-47(63)49(38-15-10-7-11-16-38)58-51(66)44-33-56-23-24-57-44/h6,8-9,13-14,19-24,33,36,38,40,42-43,45,49H,5,7,10-12,15-18,25-32,34-35H2,1-4H3,(H,58,66)/t40-,42-,43-,45+,49+/m1/s1. The van der Waals surface area contributed by atoms with Gasteiger partial charge in [0.1, 0.15) is 24.2 Å². The first-order valence-corrected chi connectivity index (χ1v) is 25.6. The van der Waals surface area contributed by atoms with Crippen LogP contribution < -0.4 is 10.1 Å². The number of nitrogens with one attached hydrogen (secondary N) is 1. The molecule has 3 heterocycles. The number of carbonyl (C=O) groups excluding carboxylic acids is 8. The molecule has 3 aromatic rings. The zero-order valence-corrected chi connectivity index (χ0v) is 41.7. The maximum Gasteiger partial charge on any atom is 0.410 e. The maximum atomic E-state index is 15.2. The Balaban J connectivity index is 1.05. The van der Waals surface area contributed by atoms with Crippen molar-refractivity contribution in [1.82, 2.24) is 30.0 Å². The Hall–Kier alpha value is -6.32. The fourth-order valence-electron chi connectivity index (χ4n) is 10.2. The van der Waals surface area contributed by atoms with E-state index in [1.807, 2.05) is 58.0 Å². The Labute approximate surface area is 417 Å². The van der Waals surface area contributed by atoms with Gasteiger partial charge in [0.25, 0.3) is 11.8 Å². The van der Waals surface area contributed by atoms with Gasteiger partial charge in [-0.25, -0.2) is 9.78 Å². The first-order valence-electron chi connectivity index (χ1n) is 25.6. The van der Waals surface area contributed by atoms with Crippen molar-refractivity contribution in [2.75, 3.05) is 32.7 Å². The second kappa shape index (κ2) is 24.2. The normalized spacial score (nSPS) is 19.8. The van der Waals surface area contributed by atoms with Crippen LogP contribution in [0, 0.1) is 29.1 Å². The van der Waals surface area contributed by atoms with Crippen LogP contribution in [0.1, 0.15) is 138 Å². The Morgan fingerprint density at radius 1 is 0.817 bits per heavy atom. The van der Waals surface area contributed by atoms with Crippen molar-refractivity contribution in [3.63, 3.8) is 0 Å². The second-order valence-electron chi connectivity index (χ2n) is 20.9. The van der Waals surface area contributed by atoms with Crippen LogP contribution in [0.15, 0.2) is 73.2 Å². The molecule has 4 fully saturated rings. The summed E-state index contributed by atoms with van der Waals surface area (Å²) in [6, 6.07) is 14.2. The lowest BCUT2D eigenvalue weighted by Crippen LogP contribution is -2.51. The highest BCUT2D eigenvalue weighted by atomic mass is 16.6. The summed E-state index contributed by atoms with van der Waals surface area (Å²) in [6.45, 7) is 9.02. The zero-order chi connectivity index (χ0) is 50.7. The summed E-state index contributed by atoms with van der Waals surface area (Å²) >= 11 is 0. The van der Waals surface area contributed by atoms with Gasteiger partial charge in [-0.05, 0) is 79.2 Å². The van der Waals surface area contributed by atoms with E-state index in [0.717, 1.165) is 50.5 Å². The van der Waals surface area contributed by atoms with Crippen molar-refractivity contribution >= 4 is 46.9 Å². The molecule has 1 N–H and O–H groups in total. The van der Waals surface area contributed by atoms with E-state index in [0.29, 0.717) is 50.3 Å². The van der Waals surface area contributed by atoms with Crippen molar-refractivity contribution in [3.05, 3.63) is 90.0 Å². The SMILES string of the molecule is CCC[C@H](CC(=O)[C@@H]1C[C@@H](Oc2ccc(C(=O)N3CCN(C(=O)OCc4ccccc4)CC3)cc2)CN1C(=O)[C@@H](CC(=O)[C@@H](NC(=O)c1cnccn1)C1CCCCC1)C(C)(C)C)C(=O)C(=O)CC1CC1. The molecule has 2 aliphatic heterocycles. The molecule has 1 aromatic heterocycles. The van der Waals surface area contributed by atoms with E-state index in [2.05, 4.69) is 15.3 Å². The highest BCUT2D eigenvalue weighted by molar-refractivity contribution is 6.38. The molecule has 4 amide bonds. The topological polar surface area (TPSA) is 203 Å². The van der Waals surface area contributed by atoms with Crippen LogP contribution in [0.5, 0.6) is 5.75 Å². The van der Waals surface area contributed by atoms with Gasteiger partial charge in [0.15, 0.2) is 17.3 Å². The molecule has 0 unspecified atom stereocenters. The lowest BCUT2D eigenvalue weighted by molar-refractivity contribution is -0.147. The largest absolute Gasteiger partial charge is 0.488 e. The Morgan fingerprint density at radius 3 is 2.14 bits per heavy atom. The number of carbonyl (C=O) groups is 8. The smallest absolute Gasteiger partial charge is 0.410 e. The summed E-state index contributed by atoms with van der Waals surface area (Å²) in [4.78, 5) is 124. The monoisotopic (exact) mass is 975 g/mol. The molecule has 0 spiro atoms. The van der Waals surface area contributed by atoms with Crippen molar-refractivity contribution in [3.8, 4) is 5.75 Å². The van der Waals surface area contributed by atoms with Gasteiger partial charge in [-0.1, -0.05) is 83.7 Å². The van der Waals surface area contributed by atoms with Gasteiger partial charge in [0.2, 0.25) is 11.7 Å². The highest BCUT2D eigenvalue weighted by Crippen LogP contribution is 2.38. The number of ketones is 4. The number of nitrogens with zero attached hydrogens (tertiary/aromatic N) is 5. The number of hydrogen-bond donors (Lipinski definition) is 1. The first kappa shape index (κ1) is 52.5. The first-order chi connectivity index (χ1) is 34.1. The Bertz CT molecular complexity index is 2360. The average molecular weight is 975 g/mol. The van der Waals surface area contributed by atoms with E-state index < -0.39 is 64.9 Å². The number of aromatic nitrogens is 2. The summed E-state index contributed by atoms with van der Waals surface area (Å²) in [6.07, 6.45) is 10.1. The number of piperazine rings is 1. The number of benzene rings is 2. The van der Waals surface area contributed by atoms with E-state index in [1.54, 1.807) is 34.1 Å². The number of ether oxygens (including phenoxy) is 2. The van der Waals surface area contributed by atoms with Crippen molar-refractivity contribution in [2.24, 2.45) is 29.1 Å². The van der Waals surface area contributed by atoms with Gasteiger partial charge in [0.05, 0.1) is 24.8 Å².